The molecule has 2 amide bonds. The maximum atomic E-state index is 14.1. The molecule has 1 fully saturated rings. The zero-order valence-corrected chi connectivity index (χ0v) is 13.6. The fraction of sp³-hybridized carbons (Fsp3) is 0.385. The molecule has 1 aromatic rings. The van der Waals surface area contributed by atoms with Crippen LogP contribution in [0.3, 0.4) is 0 Å². The average molecular weight is 396 g/mol. The summed E-state index contributed by atoms with van der Waals surface area (Å²) in [4.78, 5) is 25.8. The Balaban J connectivity index is 2.26. The molecule has 2 N–H and O–H groups in total. The molecule has 1 unspecified atom stereocenters. The van der Waals surface area contributed by atoms with Gasteiger partial charge >= 0.3 is 6.09 Å². The monoisotopic (exact) mass is 394 g/mol. The van der Waals surface area contributed by atoms with E-state index in [9.17, 15) is 19.1 Å². The van der Waals surface area contributed by atoms with Crippen molar-refractivity contribution in [3.05, 3.63) is 33.0 Å². The molecule has 1 saturated heterocycles. The lowest BCUT2D eigenvalue weighted by molar-refractivity contribution is 0.0306. The Kier molecular flexibility index (Phi) is 5.25. The highest BCUT2D eigenvalue weighted by Crippen LogP contribution is 2.28. The van der Waals surface area contributed by atoms with Gasteiger partial charge in [-0.15, -0.1) is 0 Å². The first kappa shape index (κ1) is 17.0. The van der Waals surface area contributed by atoms with Gasteiger partial charge in [0.05, 0.1) is 23.2 Å². The number of halogens is 3. The third-order valence-corrected chi connectivity index (χ3v) is 4.75. The second-order valence-corrected chi connectivity index (χ2v) is 6.02. The predicted molar refractivity (Wildman–Crippen MR) is 80.6 cm³/mol. The standard InChI is InChI=1S/C13H13BrClFN2O4/c14-9-2-1-8(11(16)10(9)15)12(20)18-4-3-17(13(21)22)5-7(18)6-19/h1-2,7,19H,3-6H2,(H,21,22). The number of carbonyl (C=O) groups excluding carboxylic acids is 1. The van der Waals surface area contributed by atoms with Crippen molar-refractivity contribution in [2.45, 2.75) is 6.04 Å². The Hall–Kier alpha value is -1.38. The van der Waals surface area contributed by atoms with Crippen LogP contribution in [0, 0.1) is 5.82 Å². The molecule has 2 rings (SSSR count). The number of hydrogen-bond donors (Lipinski definition) is 2. The summed E-state index contributed by atoms with van der Waals surface area (Å²) < 4.78 is 14.5. The number of aliphatic hydroxyl groups is 1. The Morgan fingerprint density at radius 2 is 2.09 bits per heavy atom. The number of carboxylic acid groups (broad SMARTS) is 1. The highest BCUT2D eigenvalue weighted by molar-refractivity contribution is 9.10. The van der Waals surface area contributed by atoms with E-state index in [0.717, 1.165) is 4.90 Å². The Labute approximate surface area is 139 Å². The molecule has 9 heteroatoms. The summed E-state index contributed by atoms with van der Waals surface area (Å²) in [5, 5.41) is 18.1. The van der Waals surface area contributed by atoms with Crippen molar-refractivity contribution in [3.8, 4) is 0 Å². The fourth-order valence-electron chi connectivity index (χ4n) is 2.30. The number of amides is 2. The van der Waals surface area contributed by atoms with Crippen molar-refractivity contribution in [3.63, 3.8) is 0 Å². The number of benzene rings is 1. The van der Waals surface area contributed by atoms with Crippen LogP contribution in [0.5, 0.6) is 0 Å². The van der Waals surface area contributed by atoms with Crippen LogP contribution in [-0.2, 0) is 0 Å². The van der Waals surface area contributed by atoms with Gasteiger partial charge in [0.1, 0.15) is 0 Å². The molecule has 1 heterocycles. The molecule has 0 aromatic heterocycles. The van der Waals surface area contributed by atoms with Gasteiger partial charge in [0, 0.05) is 24.1 Å². The lowest BCUT2D eigenvalue weighted by Gasteiger charge is -2.39. The minimum Gasteiger partial charge on any atom is -0.465 e. The first-order valence-corrected chi connectivity index (χ1v) is 7.57. The summed E-state index contributed by atoms with van der Waals surface area (Å²) in [7, 11) is 0. The van der Waals surface area contributed by atoms with Crippen LogP contribution in [0.4, 0.5) is 9.18 Å². The largest absolute Gasteiger partial charge is 0.465 e. The summed E-state index contributed by atoms with van der Waals surface area (Å²) in [6.45, 7) is -0.266. The molecule has 6 nitrogen and oxygen atoms in total. The zero-order valence-electron chi connectivity index (χ0n) is 11.3. The van der Waals surface area contributed by atoms with E-state index < -0.39 is 30.5 Å². The van der Waals surface area contributed by atoms with Gasteiger partial charge in [-0.25, -0.2) is 9.18 Å². The van der Waals surface area contributed by atoms with Gasteiger partial charge in [-0.3, -0.25) is 4.79 Å². The Morgan fingerprint density at radius 3 is 2.68 bits per heavy atom. The van der Waals surface area contributed by atoms with Crippen molar-refractivity contribution in [2.24, 2.45) is 0 Å². The number of rotatable bonds is 2. The smallest absolute Gasteiger partial charge is 0.407 e. The summed E-state index contributed by atoms with van der Waals surface area (Å²) >= 11 is 8.84. The van der Waals surface area contributed by atoms with E-state index in [4.69, 9.17) is 16.7 Å². The molecule has 1 aliphatic rings. The highest BCUT2D eigenvalue weighted by atomic mass is 79.9. The predicted octanol–water partition coefficient (Wildman–Crippen LogP) is 2.04. The van der Waals surface area contributed by atoms with Crippen molar-refractivity contribution >= 4 is 39.5 Å². The zero-order chi connectivity index (χ0) is 16.4. The first-order valence-electron chi connectivity index (χ1n) is 6.40. The number of aliphatic hydroxyl groups excluding tert-OH is 1. The molecule has 0 bridgehead atoms. The molecule has 1 atom stereocenters. The number of nitrogens with zero attached hydrogens (tertiary/aromatic N) is 2. The van der Waals surface area contributed by atoms with E-state index in [0.29, 0.717) is 4.47 Å². The molecule has 1 aromatic carbocycles. The van der Waals surface area contributed by atoms with Gasteiger partial charge in [-0.1, -0.05) is 11.6 Å². The second kappa shape index (κ2) is 6.80. The van der Waals surface area contributed by atoms with Crippen LogP contribution in [0.1, 0.15) is 10.4 Å². The fourth-order valence-corrected chi connectivity index (χ4v) is 2.77. The number of hydrogen-bond acceptors (Lipinski definition) is 3. The van der Waals surface area contributed by atoms with E-state index in [1.54, 1.807) is 0 Å². The maximum Gasteiger partial charge on any atom is 0.407 e. The van der Waals surface area contributed by atoms with Gasteiger partial charge in [-0.2, -0.15) is 0 Å². The van der Waals surface area contributed by atoms with Crippen molar-refractivity contribution < 1.29 is 24.2 Å². The molecule has 0 saturated carbocycles. The Morgan fingerprint density at radius 1 is 1.41 bits per heavy atom. The van der Waals surface area contributed by atoms with E-state index in [1.165, 1.54) is 17.0 Å². The quantitative estimate of drug-likeness (QED) is 0.751. The molecular weight excluding hydrogens is 383 g/mol. The van der Waals surface area contributed by atoms with Gasteiger partial charge in [-0.05, 0) is 28.1 Å². The lowest BCUT2D eigenvalue weighted by atomic mass is 10.1. The topological polar surface area (TPSA) is 81.1 Å². The van der Waals surface area contributed by atoms with Crippen LogP contribution in [-0.4, -0.2) is 64.3 Å². The third-order valence-electron chi connectivity index (χ3n) is 3.49. The van der Waals surface area contributed by atoms with Crippen molar-refractivity contribution in [2.75, 3.05) is 26.2 Å². The summed E-state index contributed by atoms with van der Waals surface area (Å²) in [5.74, 6) is -1.48. The van der Waals surface area contributed by atoms with E-state index in [1.807, 2.05) is 0 Å². The minimum absolute atomic E-state index is 0.0244. The van der Waals surface area contributed by atoms with Crippen LogP contribution in [0.15, 0.2) is 16.6 Å². The van der Waals surface area contributed by atoms with Crippen molar-refractivity contribution in [1.82, 2.24) is 9.80 Å². The van der Waals surface area contributed by atoms with Crippen LogP contribution in [0.2, 0.25) is 5.02 Å². The average Bonchev–Trinajstić information content (AvgIpc) is 2.51. The summed E-state index contributed by atoms with van der Waals surface area (Å²) in [6.07, 6.45) is -1.12. The lowest BCUT2D eigenvalue weighted by Crippen LogP contribution is -2.57. The SMILES string of the molecule is O=C(O)N1CCN(C(=O)c2ccc(Br)c(Cl)c2F)C(CO)C1. The normalized spacial score (nSPS) is 18.5. The Bertz CT molecular complexity index is 616. The van der Waals surface area contributed by atoms with Gasteiger partial charge in [0.15, 0.2) is 5.82 Å². The molecule has 120 valence electrons. The second-order valence-electron chi connectivity index (χ2n) is 4.79. The first-order chi connectivity index (χ1) is 10.4. The van der Waals surface area contributed by atoms with E-state index in [-0.39, 0.29) is 30.2 Å². The third kappa shape index (κ3) is 3.18. The van der Waals surface area contributed by atoms with E-state index in [2.05, 4.69) is 15.9 Å². The van der Waals surface area contributed by atoms with Crippen LogP contribution in [0.25, 0.3) is 0 Å². The molecular formula is C13H13BrClFN2O4. The molecule has 1 aliphatic heterocycles. The van der Waals surface area contributed by atoms with E-state index >= 15 is 0 Å². The van der Waals surface area contributed by atoms with Gasteiger partial charge < -0.3 is 20.0 Å². The highest BCUT2D eigenvalue weighted by Gasteiger charge is 2.33. The maximum absolute atomic E-state index is 14.1. The number of carbonyl (C=O) groups is 2. The molecule has 0 aliphatic carbocycles. The molecule has 22 heavy (non-hydrogen) atoms. The van der Waals surface area contributed by atoms with Gasteiger partial charge in [0.25, 0.3) is 5.91 Å². The van der Waals surface area contributed by atoms with Crippen molar-refractivity contribution in [1.29, 1.82) is 0 Å². The summed E-state index contributed by atoms with van der Waals surface area (Å²) in [6, 6.07) is 2.03. The summed E-state index contributed by atoms with van der Waals surface area (Å²) in [5.41, 5.74) is -0.213. The van der Waals surface area contributed by atoms with Gasteiger partial charge in [0.2, 0.25) is 0 Å². The minimum atomic E-state index is -1.12. The molecule has 0 spiro atoms. The number of piperazine rings is 1. The van der Waals surface area contributed by atoms with Crippen LogP contribution < -0.4 is 0 Å². The van der Waals surface area contributed by atoms with Crippen LogP contribution >= 0.6 is 27.5 Å². The molecule has 0 radical (unpaired) electrons.